The Morgan fingerprint density at radius 2 is 2.29 bits per heavy atom. The van der Waals surface area contributed by atoms with Gasteiger partial charge in [-0.3, -0.25) is 0 Å². The highest BCUT2D eigenvalue weighted by Gasteiger charge is 2.18. The molecule has 0 saturated carbocycles. The van der Waals surface area contributed by atoms with Gasteiger partial charge >= 0.3 is 0 Å². The Morgan fingerprint density at radius 3 is 2.86 bits per heavy atom. The average molecular weight is 208 g/mol. The van der Waals surface area contributed by atoms with Gasteiger partial charge in [0.05, 0.1) is 0 Å². The SMILES string of the molecule is C=C(CN)C1=CC=C(SN2CCC2)C1. The molecule has 1 fully saturated rings. The van der Waals surface area contributed by atoms with Crippen molar-refractivity contribution < 1.29 is 0 Å². The maximum absolute atomic E-state index is 5.56. The summed E-state index contributed by atoms with van der Waals surface area (Å²) in [7, 11) is 0. The van der Waals surface area contributed by atoms with Crippen LogP contribution in [0.25, 0.3) is 0 Å². The van der Waals surface area contributed by atoms with Gasteiger partial charge < -0.3 is 5.73 Å². The van der Waals surface area contributed by atoms with Crippen LogP contribution >= 0.6 is 11.9 Å². The van der Waals surface area contributed by atoms with Crippen LogP contribution in [0.4, 0.5) is 0 Å². The van der Waals surface area contributed by atoms with Gasteiger partial charge in [-0.2, -0.15) is 0 Å². The standard InChI is InChI=1S/C11H16N2S/c1-9(8-12)10-3-4-11(7-10)14-13-5-2-6-13/h3-4H,1-2,5-8,12H2. The largest absolute Gasteiger partial charge is 0.327 e. The first-order valence-electron chi connectivity index (χ1n) is 5.00. The molecule has 2 N–H and O–H groups in total. The Hall–Kier alpha value is -0.510. The Balaban J connectivity index is 1.81. The molecule has 2 nitrogen and oxygen atoms in total. The van der Waals surface area contributed by atoms with Gasteiger partial charge in [-0.25, -0.2) is 4.31 Å². The Kier molecular flexibility index (Phi) is 3.11. The minimum Gasteiger partial charge on any atom is -0.327 e. The van der Waals surface area contributed by atoms with E-state index in [9.17, 15) is 0 Å². The summed E-state index contributed by atoms with van der Waals surface area (Å²) in [4.78, 5) is 1.43. The van der Waals surface area contributed by atoms with Crippen molar-refractivity contribution >= 4 is 11.9 Å². The predicted octanol–water partition coefficient (Wildman–Crippen LogP) is 2.07. The zero-order valence-corrected chi connectivity index (χ0v) is 9.15. The van der Waals surface area contributed by atoms with Gasteiger partial charge in [0.1, 0.15) is 0 Å². The maximum Gasteiger partial charge on any atom is 0.0175 e. The van der Waals surface area contributed by atoms with E-state index in [1.165, 1.54) is 30.0 Å². The van der Waals surface area contributed by atoms with Crippen molar-refractivity contribution in [3.63, 3.8) is 0 Å². The molecule has 0 bridgehead atoms. The summed E-state index contributed by atoms with van der Waals surface area (Å²) < 4.78 is 2.40. The van der Waals surface area contributed by atoms with Crippen LogP contribution in [0.5, 0.6) is 0 Å². The molecule has 2 aliphatic rings. The summed E-state index contributed by atoms with van der Waals surface area (Å²) in [6.45, 7) is 6.99. The first-order chi connectivity index (χ1) is 6.79. The minimum atomic E-state index is 0.571. The molecule has 0 unspecified atom stereocenters. The van der Waals surface area contributed by atoms with Crippen LogP contribution < -0.4 is 5.73 Å². The summed E-state index contributed by atoms with van der Waals surface area (Å²) >= 11 is 1.89. The summed E-state index contributed by atoms with van der Waals surface area (Å²) in [5, 5.41) is 0. The highest BCUT2D eigenvalue weighted by atomic mass is 32.2. The maximum atomic E-state index is 5.56. The van der Waals surface area contributed by atoms with Crippen molar-refractivity contribution in [3.8, 4) is 0 Å². The van der Waals surface area contributed by atoms with Crippen LogP contribution in [0.1, 0.15) is 12.8 Å². The average Bonchev–Trinajstić information content (AvgIpc) is 2.58. The molecule has 14 heavy (non-hydrogen) atoms. The second-order valence-corrected chi connectivity index (χ2v) is 4.91. The summed E-state index contributed by atoms with van der Waals surface area (Å²) in [5.74, 6) is 0. The summed E-state index contributed by atoms with van der Waals surface area (Å²) in [6.07, 6.45) is 6.71. The summed E-state index contributed by atoms with van der Waals surface area (Å²) in [5.41, 5.74) is 7.93. The van der Waals surface area contributed by atoms with Crippen LogP contribution in [0.2, 0.25) is 0 Å². The van der Waals surface area contributed by atoms with Gasteiger partial charge in [0.15, 0.2) is 0 Å². The van der Waals surface area contributed by atoms with Gasteiger partial charge in [0, 0.05) is 31.0 Å². The van der Waals surface area contributed by atoms with Crippen molar-refractivity contribution in [1.82, 2.24) is 4.31 Å². The topological polar surface area (TPSA) is 29.3 Å². The second kappa shape index (κ2) is 4.34. The lowest BCUT2D eigenvalue weighted by Gasteiger charge is -2.29. The lowest BCUT2D eigenvalue weighted by atomic mass is 10.1. The molecule has 0 aromatic carbocycles. The van der Waals surface area contributed by atoms with Crippen molar-refractivity contribution in [2.75, 3.05) is 19.6 Å². The Morgan fingerprint density at radius 1 is 1.50 bits per heavy atom. The third kappa shape index (κ3) is 2.11. The molecule has 1 aliphatic heterocycles. The monoisotopic (exact) mass is 208 g/mol. The molecule has 0 spiro atoms. The number of nitrogens with zero attached hydrogens (tertiary/aromatic N) is 1. The highest BCUT2D eigenvalue weighted by Crippen LogP contribution is 2.35. The van der Waals surface area contributed by atoms with Gasteiger partial charge in [0.25, 0.3) is 0 Å². The normalized spacial score (nSPS) is 21.5. The molecule has 0 radical (unpaired) electrons. The number of hydrogen-bond donors (Lipinski definition) is 1. The molecule has 1 aliphatic carbocycles. The fourth-order valence-corrected chi connectivity index (χ4v) is 2.60. The number of hydrogen-bond acceptors (Lipinski definition) is 3. The zero-order valence-electron chi connectivity index (χ0n) is 8.33. The molecule has 0 aromatic rings. The number of allylic oxidation sites excluding steroid dienone is 3. The van der Waals surface area contributed by atoms with Gasteiger partial charge in [-0.15, -0.1) is 0 Å². The van der Waals surface area contributed by atoms with Crippen LogP contribution in [0.15, 0.2) is 34.8 Å². The van der Waals surface area contributed by atoms with E-state index < -0.39 is 0 Å². The lowest BCUT2D eigenvalue weighted by molar-refractivity contribution is 0.345. The number of rotatable bonds is 4. The van der Waals surface area contributed by atoms with Gasteiger partial charge in [0.2, 0.25) is 0 Å². The van der Waals surface area contributed by atoms with E-state index in [0.29, 0.717) is 6.54 Å². The van der Waals surface area contributed by atoms with E-state index in [4.69, 9.17) is 5.73 Å². The van der Waals surface area contributed by atoms with E-state index in [1.54, 1.807) is 0 Å². The summed E-state index contributed by atoms with van der Waals surface area (Å²) in [6, 6.07) is 0. The predicted molar refractivity (Wildman–Crippen MR) is 62.8 cm³/mol. The van der Waals surface area contributed by atoms with Crippen LogP contribution in [-0.2, 0) is 0 Å². The van der Waals surface area contributed by atoms with E-state index in [0.717, 1.165) is 12.0 Å². The molecule has 3 heteroatoms. The first-order valence-corrected chi connectivity index (χ1v) is 5.78. The molecule has 0 aromatic heterocycles. The molecule has 1 saturated heterocycles. The highest BCUT2D eigenvalue weighted by molar-refractivity contribution is 8.00. The molecule has 2 rings (SSSR count). The molecule has 1 heterocycles. The molecule has 76 valence electrons. The third-order valence-electron chi connectivity index (χ3n) is 2.60. The van der Waals surface area contributed by atoms with Crippen molar-refractivity contribution in [2.24, 2.45) is 5.73 Å². The van der Waals surface area contributed by atoms with Crippen LogP contribution in [0, 0.1) is 0 Å². The van der Waals surface area contributed by atoms with E-state index >= 15 is 0 Å². The molecule has 0 amide bonds. The van der Waals surface area contributed by atoms with E-state index in [-0.39, 0.29) is 0 Å². The first kappa shape index (κ1) is 10.0. The third-order valence-corrected chi connectivity index (χ3v) is 3.74. The van der Waals surface area contributed by atoms with Gasteiger partial charge in [-0.1, -0.05) is 18.7 Å². The fourth-order valence-electron chi connectivity index (χ4n) is 1.48. The Labute approximate surface area is 89.7 Å². The van der Waals surface area contributed by atoms with Gasteiger partial charge in [-0.05, 0) is 29.5 Å². The molecular weight excluding hydrogens is 192 g/mol. The van der Waals surface area contributed by atoms with Crippen molar-refractivity contribution in [3.05, 3.63) is 34.8 Å². The second-order valence-electron chi connectivity index (χ2n) is 3.68. The molecular formula is C11H16N2S. The minimum absolute atomic E-state index is 0.571. The smallest absolute Gasteiger partial charge is 0.0175 e. The Bertz CT molecular complexity index is 300. The van der Waals surface area contributed by atoms with E-state index in [2.05, 4.69) is 23.0 Å². The van der Waals surface area contributed by atoms with Crippen molar-refractivity contribution in [2.45, 2.75) is 12.8 Å². The lowest BCUT2D eigenvalue weighted by Crippen LogP contribution is -2.30. The van der Waals surface area contributed by atoms with Crippen LogP contribution in [0.3, 0.4) is 0 Å². The molecule has 0 atom stereocenters. The van der Waals surface area contributed by atoms with Crippen molar-refractivity contribution in [1.29, 1.82) is 0 Å². The van der Waals surface area contributed by atoms with Crippen LogP contribution in [-0.4, -0.2) is 23.9 Å². The quantitative estimate of drug-likeness (QED) is 0.717. The number of nitrogens with two attached hydrogens (primary N) is 1. The van der Waals surface area contributed by atoms with E-state index in [1.807, 2.05) is 11.9 Å². The zero-order chi connectivity index (χ0) is 9.97. The fraction of sp³-hybridized carbons (Fsp3) is 0.455.